The van der Waals surface area contributed by atoms with Crippen molar-refractivity contribution in [3.63, 3.8) is 0 Å². The van der Waals surface area contributed by atoms with Gasteiger partial charge < -0.3 is 9.84 Å². The number of carboxylic acids is 1. The Bertz CT molecular complexity index is 1140. The summed E-state index contributed by atoms with van der Waals surface area (Å²) in [5.41, 5.74) is 4.71. The molecule has 0 unspecified atom stereocenters. The SMILES string of the molecule is CCCc1ccc(CCc2ccc(-c3ccc(OCCCCCCCCCCC(=O)O)c(F)c3F)cc2)cc1. The second kappa shape index (κ2) is 16.7. The van der Waals surface area contributed by atoms with Gasteiger partial charge in [-0.3, -0.25) is 4.79 Å². The summed E-state index contributed by atoms with van der Waals surface area (Å²) >= 11 is 0. The molecular weight excluding hydrogens is 494 g/mol. The topological polar surface area (TPSA) is 46.5 Å². The molecule has 0 radical (unpaired) electrons. The first-order valence-electron chi connectivity index (χ1n) is 14.5. The Morgan fingerprint density at radius 3 is 1.74 bits per heavy atom. The molecule has 0 fully saturated rings. The van der Waals surface area contributed by atoms with E-state index in [0.717, 1.165) is 82.6 Å². The summed E-state index contributed by atoms with van der Waals surface area (Å²) in [4.78, 5) is 10.5. The molecular formula is C34H42F2O3. The number of benzene rings is 3. The lowest BCUT2D eigenvalue weighted by Crippen LogP contribution is -2.02. The first-order valence-corrected chi connectivity index (χ1v) is 14.5. The number of carboxylic acid groups (broad SMARTS) is 1. The molecule has 0 atom stereocenters. The fourth-order valence-corrected chi connectivity index (χ4v) is 4.79. The summed E-state index contributed by atoms with van der Waals surface area (Å²) in [6.07, 6.45) is 12.1. The van der Waals surface area contributed by atoms with Gasteiger partial charge in [-0.1, -0.05) is 100 Å². The average molecular weight is 537 g/mol. The second-order valence-electron chi connectivity index (χ2n) is 10.3. The van der Waals surface area contributed by atoms with Crippen LogP contribution in [0.5, 0.6) is 5.75 Å². The molecule has 0 saturated heterocycles. The number of halogens is 2. The summed E-state index contributed by atoms with van der Waals surface area (Å²) in [7, 11) is 0. The van der Waals surface area contributed by atoms with Crippen LogP contribution in [0.2, 0.25) is 0 Å². The van der Waals surface area contributed by atoms with Gasteiger partial charge in [0.2, 0.25) is 5.82 Å². The zero-order chi connectivity index (χ0) is 27.9. The summed E-state index contributed by atoms with van der Waals surface area (Å²) in [5, 5.41) is 8.63. The number of unbranched alkanes of at least 4 members (excludes halogenated alkanes) is 7. The van der Waals surface area contributed by atoms with Crippen molar-refractivity contribution >= 4 is 5.97 Å². The van der Waals surface area contributed by atoms with E-state index in [1.165, 1.54) is 17.2 Å². The maximum absolute atomic E-state index is 14.9. The lowest BCUT2D eigenvalue weighted by Gasteiger charge is -2.11. The molecule has 3 rings (SSSR count). The molecule has 0 aliphatic rings. The number of hydrogen-bond acceptors (Lipinski definition) is 2. The molecule has 3 nitrogen and oxygen atoms in total. The maximum atomic E-state index is 14.9. The lowest BCUT2D eigenvalue weighted by atomic mass is 9.99. The van der Waals surface area contributed by atoms with Crippen LogP contribution in [0, 0.1) is 11.6 Å². The zero-order valence-electron chi connectivity index (χ0n) is 23.2. The number of ether oxygens (including phenoxy) is 1. The highest BCUT2D eigenvalue weighted by Crippen LogP contribution is 2.30. The van der Waals surface area contributed by atoms with Gasteiger partial charge >= 0.3 is 5.97 Å². The molecule has 1 N–H and O–H groups in total. The Balaban J connectivity index is 1.40. The van der Waals surface area contributed by atoms with Crippen molar-refractivity contribution in [1.82, 2.24) is 0 Å². The van der Waals surface area contributed by atoms with Crippen molar-refractivity contribution in [3.05, 3.63) is 89.0 Å². The summed E-state index contributed by atoms with van der Waals surface area (Å²) in [6, 6.07) is 19.6. The van der Waals surface area contributed by atoms with Gasteiger partial charge in [-0.15, -0.1) is 0 Å². The van der Waals surface area contributed by atoms with E-state index in [1.807, 2.05) is 24.3 Å². The van der Waals surface area contributed by atoms with Gasteiger partial charge in [-0.25, -0.2) is 4.39 Å². The molecule has 0 heterocycles. The minimum atomic E-state index is -0.940. The van der Waals surface area contributed by atoms with Crippen LogP contribution in [0.1, 0.15) is 87.8 Å². The Hall–Kier alpha value is -3.21. The van der Waals surface area contributed by atoms with E-state index in [4.69, 9.17) is 9.84 Å². The van der Waals surface area contributed by atoms with E-state index in [0.29, 0.717) is 12.2 Å². The van der Waals surface area contributed by atoms with Gasteiger partial charge in [0.05, 0.1) is 6.61 Å². The van der Waals surface area contributed by atoms with Gasteiger partial charge in [-0.05, 0) is 66.5 Å². The quantitative estimate of drug-likeness (QED) is 0.165. The standard InChI is InChI=1S/C34H42F2O3/c1-2-11-26-13-15-27(16-14-26)17-18-28-19-21-29(22-20-28)30-23-24-31(34(36)33(30)35)39-25-10-8-6-4-3-5-7-9-12-32(37)38/h13-16,19-24H,2-12,17-18,25H2,1H3,(H,37,38). The molecule has 0 spiro atoms. The number of aliphatic carboxylic acids is 1. The first kappa shape index (κ1) is 30.3. The van der Waals surface area contributed by atoms with E-state index in [1.54, 1.807) is 6.07 Å². The van der Waals surface area contributed by atoms with Crippen molar-refractivity contribution in [3.8, 4) is 16.9 Å². The predicted molar refractivity (Wildman–Crippen MR) is 154 cm³/mol. The van der Waals surface area contributed by atoms with E-state index in [-0.39, 0.29) is 17.7 Å². The van der Waals surface area contributed by atoms with Crippen molar-refractivity contribution in [2.75, 3.05) is 6.61 Å². The van der Waals surface area contributed by atoms with Crippen LogP contribution in [0.25, 0.3) is 11.1 Å². The minimum absolute atomic E-state index is 0.0451. The Morgan fingerprint density at radius 1 is 0.667 bits per heavy atom. The third-order valence-electron chi connectivity index (χ3n) is 7.12. The smallest absolute Gasteiger partial charge is 0.303 e. The highest BCUT2D eigenvalue weighted by molar-refractivity contribution is 5.66. The van der Waals surface area contributed by atoms with Crippen molar-refractivity contribution in [2.45, 2.75) is 90.4 Å². The number of carbonyl (C=O) groups is 1. The van der Waals surface area contributed by atoms with Crippen molar-refractivity contribution in [2.24, 2.45) is 0 Å². The molecule has 0 bridgehead atoms. The van der Waals surface area contributed by atoms with E-state index in [9.17, 15) is 13.6 Å². The molecule has 0 aromatic heterocycles. The van der Waals surface area contributed by atoms with Gasteiger partial charge in [-0.2, -0.15) is 4.39 Å². The van der Waals surface area contributed by atoms with Crippen molar-refractivity contribution in [1.29, 1.82) is 0 Å². The average Bonchev–Trinajstić information content (AvgIpc) is 2.94. The van der Waals surface area contributed by atoms with Gasteiger partial charge in [0.15, 0.2) is 11.6 Å². The third-order valence-corrected chi connectivity index (χ3v) is 7.12. The molecule has 0 aliphatic heterocycles. The van der Waals surface area contributed by atoms with Gasteiger partial charge in [0.1, 0.15) is 0 Å². The van der Waals surface area contributed by atoms with Crippen LogP contribution in [-0.2, 0) is 24.1 Å². The highest BCUT2D eigenvalue weighted by atomic mass is 19.2. The monoisotopic (exact) mass is 536 g/mol. The Kier molecular flexibility index (Phi) is 13.0. The first-order chi connectivity index (χ1) is 19.0. The fraction of sp³-hybridized carbons (Fsp3) is 0.441. The van der Waals surface area contributed by atoms with E-state index in [2.05, 4.69) is 31.2 Å². The molecule has 0 amide bonds. The highest BCUT2D eigenvalue weighted by Gasteiger charge is 2.16. The zero-order valence-corrected chi connectivity index (χ0v) is 23.2. The van der Waals surface area contributed by atoms with Crippen LogP contribution in [0.4, 0.5) is 8.78 Å². The van der Waals surface area contributed by atoms with Crippen molar-refractivity contribution < 1.29 is 23.4 Å². The van der Waals surface area contributed by atoms with Crippen LogP contribution in [-0.4, -0.2) is 17.7 Å². The molecule has 3 aromatic rings. The van der Waals surface area contributed by atoms with Crippen LogP contribution >= 0.6 is 0 Å². The van der Waals surface area contributed by atoms with Gasteiger partial charge in [0, 0.05) is 12.0 Å². The second-order valence-corrected chi connectivity index (χ2v) is 10.3. The minimum Gasteiger partial charge on any atom is -0.490 e. The predicted octanol–water partition coefficient (Wildman–Crippen LogP) is 9.34. The Morgan fingerprint density at radius 2 is 1.18 bits per heavy atom. The lowest BCUT2D eigenvalue weighted by molar-refractivity contribution is -0.137. The van der Waals surface area contributed by atoms with Gasteiger partial charge in [0.25, 0.3) is 0 Å². The van der Waals surface area contributed by atoms with Crippen LogP contribution in [0.15, 0.2) is 60.7 Å². The van der Waals surface area contributed by atoms with E-state index < -0.39 is 17.6 Å². The molecule has 0 saturated carbocycles. The van der Waals surface area contributed by atoms with E-state index >= 15 is 0 Å². The summed E-state index contributed by atoms with van der Waals surface area (Å²) < 4.78 is 35.1. The molecule has 210 valence electrons. The summed E-state index contributed by atoms with van der Waals surface area (Å²) in [6.45, 7) is 2.54. The Labute approximate surface area is 232 Å². The number of aryl methyl sites for hydroxylation is 3. The summed E-state index contributed by atoms with van der Waals surface area (Å²) in [5.74, 6) is -2.60. The third kappa shape index (κ3) is 10.5. The largest absolute Gasteiger partial charge is 0.490 e. The van der Waals surface area contributed by atoms with Crippen LogP contribution < -0.4 is 4.74 Å². The molecule has 5 heteroatoms. The number of rotatable bonds is 18. The molecule has 3 aromatic carbocycles. The van der Waals surface area contributed by atoms with Crippen LogP contribution in [0.3, 0.4) is 0 Å². The molecule has 0 aliphatic carbocycles. The fourth-order valence-electron chi connectivity index (χ4n) is 4.79. The molecule has 39 heavy (non-hydrogen) atoms. The number of hydrogen-bond donors (Lipinski definition) is 1. The maximum Gasteiger partial charge on any atom is 0.303 e. The normalized spacial score (nSPS) is 11.1.